The average molecular weight is 835 g/mol. The number of carbonyl (C=O) groups is 3. The summed E-state index contributed by atoms with van der Waals surface area (Å²) in [5.74, 6) is -0.0368. The smallest absolute Gasteiger partial charge is 0.306 e. The van der Waals surface area contributed by atoms with E-state index in [1.807, 2.05) is 0 Å². The minimum absolute atomic E-state index is 0.0636. The molecule has 0 saturated carbocycles. The molecule has 0 amide bonds. The van der Waals surface area contributed by atoms with Crippen LogP contribution in [0.25, 0.3) is 0 Å². The van der Waals surface area contributed by atoms with Crippen LogP contribution in [0.15, 0.2) is 0 Å². The molecule has 0 fully saturated rings. The van der Waals surface area contributed by atoms with Crippen LogP contribution in [-0.2, 0) is 28.6 Å². The molecule has 6 heteroatoms. The van der Waals surface area contributed by atoms with Gasteiger partial charge >= 0.3 is 17.9 Å². The van der Waals surface area contributed by atoms with Crippen LogP contribution < -0.4 is 0 Å². The van der Waals surface area contributed by atoms with Crippen molar-refractivity contribution >= 4 is 17.9 Å². The second-order valence-corrected chi connectivity index (χ2v) is 18.4. The predicted octanol–water partition coefficient (Wildman–Crippen LogP) is 17.1. The highest BCUT2D eigenvalue weighted by atomic mass is 16.6. The first-order valence-electron chi connectivity index (χ1n) is 26.4. The molecular weight excluding hydrogens is 733 g/mol. The van der Waals surface area contributed by atoms with Crippen molar-refractivity contribution in [3.05, 3.63) is 0 Å². The Balaban J connectivity index is 4.26. The van der Waals surface area contributed by atoms with Crippen LogP contribution in [0.3, 0.4) is 0 Å². The average Bonchev–Trinajstić information content (AvgIpc) is 3.23. The quantitative estimate of drug-likeness (QED) is 0.0345. The maximum atomic E-state index is 12.7. The van der Waals surface area contributed by atoms with Crippen LogP contribution in [0, 0.1) is 5.92 Å². The number of carbonyl (C=O) groups excluding carboxylic acids is 3. The zero-order valence-corrected chi connectivity index (χ0v) is 40.2. The molecule has 0 spiro atoms. The molecule has 0 heterocycles. The van der Waals surface area contributed by atoms with Crippen LogP contribution in [0.1, 0.15) is 297 Å². The molecule has 2 atom stereocenters. The molecule has 0 rings (SSSR count). The lowest BCUT2D eigenvalue weighted by Gasteiger charge is -2.18. The highest BCUT2D eigenvalue weighted by Gasteiger charge is 2.19. The molecule has 0 aliphatic carbocycles. The van der Waals surface area contributed by atoms with Gasteiger partial charge in [-0.3, -0.25) is 14.4 Å². The maximum Gasteiger partial charge on any atom is 0.306 e. The van der Waals surface area contributed by atoms with Gasteiger partial charge in [-0.15, -0.1) is 0 Å². The van der Waals surface area contributed by atoms with Crippen LogP contribution in [0.2, 0.25) is 0 Å². The van der Waals surface area contributed by atoms with Gasteiger partial charge in [0.1, 0.15) is 13.2 Å². The van der Waals surface area contributed by atoms with Crippen LogP contribution >= 0.6 is 0 Å². The standard InChI is InChI=1S/C53H102O6/c1-5-8-10-12-14-16-18-20-22-23-24-26-28-30-32-37-41-45-52(55)58-48-50(59-53(56)46-42-38-34-33-35-39-43-49(4)7-3)47-57-51(54)44-40-36-31-29-27-25-21-19-17-15-13-11-9-6-2/h49-50H,5-48H2,1-4H3/t49?,50-/m1/s1. The zero-order chi connectivity index (χ0) is 43.1. The Kier molecular flexibility index (Phi) is 46.2. The Morgan fingerprint density at radius 3 is 0.881 bits per heavy atom. The van der Waals surface area contributed by atoms with E-state index < -0.39 is 6.10 Å². The minimum Gasteiger partial charge on any atom is -0.462 e. The summed E-state index contributed by atoms with van der Waals surface area (Å²) in [4.78, 5) is 37.9. The summed E-state index contributed by atoms with van der Waals surface area (Å²) in [6.45, 7) is 9.00. The highest BCUT2D eigenvalue weighted by Crippen LogP contribution is 2.18. The number of esters is 3. The van der Waals surface area contributed by atoms with Crippen molar-refractivity contribution in [1.82, 2.24) is 0 Å². The molecule has 1 unspecified atom stereocenters. The molecule has 0 saturated heterocycles. The minimum atomic E-state index is -0.761. The largest absolute Gasteiger partial charge is 0.462 e. The van der Waals surface area contributed by atoms with E-state index in [9.17, 15) is 14.4 Å². The van der Waals surface area contributed by atoms with E-state index in [0.29, 0.717) is 19.3 Å². The highest BCUT2D eigenvalue weighted by molar-refractivity contribution is 5.71. The maximum absolute atomic E-state index is 12.7. The van der Waals surface area contributed by atoms with Gasteiger partial charge in [-0.25, -0.2) is 0 Å². The third kappa shape index (κ3) is 45.8. The van der Waals surface area contributed by atoms with Crippen LogP contribution in [0.4, 0.5) is 0 Å². The molecule has 0 N–H and O–H groups in total. The summed E-state index contributed by atoms with van der Waals surface area (Å²) >= 11 is 0. The van der Waals surface area contributed by atoms with E-state index in [1.165, 1.54) is 193 Å². The Labute approximate surface area is 368 Å². The van der Waals surface area contributed by atoms with Gasteiger partial charge in [0.2, 0.25) is 0 Å². The van der Waals surface area contributed by atoms with Crippen molar-refractivity contribution in [2.45, 2.75) is 303 Å². The van der Waals surface area contributed by atoms with E-state index >= 15 is 0 Å². The normalized spacial score (nSPS) is 12.4. The van der Waals surface area contributed by atoms with Gasteiger partial charge in [-0.05, 0) is 25.2 Å². The molecule has 0 radical (unpaired) electrons. The Bertz CT molecular complexity index is 889. The topological polar surface area (TPSA) is 78.9 Å². The molecule has 0 aromatic carbocycles. The SMILES string of the molecule is CCCCCCCCCCCCCCCCCCCC(=O)OC[C@@H](COC(=O)CCCCCCCCCCCCCCCC)OC(=O)CCCCCCCCC(C)CC. The molecule has 350 valence electrons. The van der Waals surface area contributed by atoms with Gasteiger partial charge in [0, 0.05) is 19.3 Å². The first-order valence-corrected chi connectivity index (χ1v) is 26.4. The third-order valence-corrected chi connectivity index (χ3v) is 12.4. The number of hydrogen-bond donors (Lipinski definition) is 0. The lowest BCUT2D eigenvalue weighted by molar-refractivity contribution is -0.167. The van der Waals surface area contributed by atoms with Gasteiger partial charge in [0.05, 0.1) is 0 Å². The monoisotopic (exact) mass is 835 g/mol. The van der Waals surface area contributed by atoms with E-state index in [4.69, 9.17) is 14.2 Å². The Morgan fingerprint density at radius 1 is 0.339 bits per heavy atom. The van der Waals surface area contributed by atoms with Gasteiger partial charge < -0.3 is 14.2 Å². The summed E-state index contributed by atoms with van der Waals surface area (Å²) < 4.78 is 16.8. The van der Waals surface area contributed by atoms with Gasteiger partial charge in [-0.1, -0.05) is 259 Å². The van der Waals surface area contributed by atoms with E-state index in [0.717, 1.165) is 63.7 Å². The van der Waals surface area contributed by atoms with Crippen LogP contribution in [0.5, 0.6) is 0 Å². The predicted molar refractivity (Wildman–Crippen MR) is 252 cm³/mol. The summed E-state index contributed by atoms with van der Waals surface area (Å²) in [5.41, 5.74) is 0. The number of hydrogen-bond acceptors (Lipinski definition) is 6. The molecule has 0 aromatic rings. The second kappa shape index (κ2) is 47.5. The molecule has 6 nitrogen and oxygen atoms in total. The fourth-order valence-electron chi connectivity index (χ4n) is 8.01. The Hall–Kier alpha value is -1.59. The number of rotatable bonds is 48. The lowest BCUT2D eigenvalue weighted by Crippen LogP contribution is -2.30. The number of unbranched alkanes of at least 4 members (excludes halogenated alkanes) is 34. The molecule has 59 heavy (non-hydrogen) atoms. The zero-order valence-electron chi connectivity index (χ0n) is 40.2. The van der Waals surface area contributed by atoms with Crippen molar-refractivity contribution in [3.63, 3.8) is 0 Å². The summed E-state index contributed by atoms with van der Waals surface area (Å²) in [7, 11) is 0. The molecule has 0 aliphatic heterocycles. The van der Waals surface area contributed by atoms with Crippen molar-refractivity contribution in [1.29, 1.82) is 0 Å². The molecule has 0 aromatic heterocycles. The van der Waals surface area contributed by atoms with Crippen molar-refractivity contribution in [3.8, 4) is 0 Å². The fraction of sp³-hybridized carbons (Fsp3) is 0.943. The van der Waals surface area contributed by atoms with E-state index in [-0.39, 0.29) is 31.1 Å². The fourth-order valence-corrected chi connectivity index (χ4v) is 8.01. The first kappa shape index (κ1) is 57.4. The first-order chi connectivity index (χ1) is 28.9. The molecule has 0 bridgehead atoms. The van der Waals surface area contributed by atoms with Gasteiger partial charge in [0.15, 0.2) is 6.10 Å². The van der Waals surface area contributed by atoms with Crippen molar-refractivity contribution in [2.24, 2.45) is 5.92 Å². The lowest BCUT2D eigenvalue weighted by atomic mass is 10.00. The second-order valence-electron chi connectivity index (χ2n) is 18.4. The molecule has 0 aliphatic rings. The van der Waals surface area contributed by atoms with Gasteiger partial charge in [-0.2, -0.15) is 0 Å². The number of ether oxygens (including phenoxy) is 3. The van der Waals surface area contributed by atoms with Crippen LogP contribution in [-0.4, -0.2) is 37.2 Å². The van der Waals surface area contributed by atoms with Crippen molar-refractivity contribution in [2.75, 3.05) is 13.2 Å². The van der Waals surface area contributed by atoms with Crippen molar-refractivity contribution < 1.29 is 28.6 Å². The van der Waals surface area contributed by atoms with E-state index in [1.54, 1.807) is 0 Å². The van der Waals surface area contributed by atoms with E-state index in [2.05, 4.69) is 27.7 Å². The van der Waals surface area contributed by atoms with Gasteiger partial charge in [0.25, 0.3) is 0 Å². The Morgan fingerprint density at radius 2 is 0.593 bits per heavy atom. The summed E-state index contributed by atoms with van der Waals surface area (Å²) in [5, 5.41) is 0. The molecular formula is C53H102O6. The third-order valence-electron chi connectivity index (χ3n) is 12.4. The summed E-state index contributed by atoms with van der Waals surface area (Å²) in [6, 6.07) is 0. The summed E-state index contributed by atoms with van der Waals surface area (Å²) in [6.07, 6.45) is 49.5.